The van der Waals surface area contributed by atoms with Crippen LogP contribution in [0.5, 0.6) is 0 Å². The Morgan fingerprint density at radius 1 is 0.960 bits per heavy atom. The van der Waals surface area contributed by atoms with Crippen LogP contribution in [0.25, 0.3) is 0 Å². The van der Waals surface area contributed by atoms with Gasteiger partial charge in [0.2, 0.25) is 0 Å². The summed E-state index contributed by atoms with van der Waals surface area (Å²) in [5.41, 5.74) is 4.39. The second kappa shape index (κ2) is 7.57. The third-order valence-corrected chi connectivity index (χ3v) is 3.68. The Morgan fingerprint density at radius 2 is 1.68 bits per heavy atom. The Hall–Kier alpha value is -3.21. The van der Waals surface area contributed by atoms with Crippen LogP contribution in [0.1, 0.15) is 27.2 Å². The number of rotatable bonds is 5. The Kier molecular flexibility index (Phi) is 5.04. The molecule has 1 aromatic heterocycles. The second-order valence-electron chi connectivity index (χ2n) is 5.96. The van der Waals surface area contributed by atoms with Crippen LogP contribution in [0.4, 0.5) is 11.5 Å². The van der Waals surface area contributed by atoms with Gasteiger partial charge in [-0.2, -0.15) is 0 Å². The van der Waals surface area contributed by atoms with Crippen molar-refractivity contribution in [1.29, 1.82) is 0 Å². The van der Waals surface area contributed by atoms with Gasteiger partial charge >= 0.3 is 0 Å². The summed E-state index contributed by atoms with van der Waals surface area (Å²) in [4.78, 5) is 20.7. The number of carbonyl (C=O) groups excluding carboxylic acids is 1. The molecule has 0 aliphatic rings. The molecular formula is C20H20N4O. The van der Waals surface area contributed by atoms with E-state index < -0.39 is 0 Å². The minimum absolute atomic E-state index is 0.271. The molecule has 0 aliphatic carbocycles. The topological polar surface area (TPSA) is 66.9 Å². The minimum atomic E-state index is -0.271. The molecule has 0 bridgehead atoms. The highest BCUT2D eigenvalue weighted by atomic mass is 16.1. The van der Waals surface area contributed by atoms with E-state index >= 15 is 0 Å². The van der Waals surface area contributed by atoms with Gasteiger partial charge in [-0.25, -0.2) is 9.97 Å². The van der Waals surface area contributed by atoms with Crippen LogP contribution in [0.15, 0.2) is 60.9 Å². The van der Waals surface area contributed by atoms with Gasteiger partial charge in [0.25, 0.3) is 5.91 Å². The Bertz CT molecular complexity index is 840. The van der Waals surface area contributed by atoms with Gasteiger partial charge in [-0.15, -0.1) is 0 Å². The maximum atomic E-state index is 12.3. The molecule has 0 fully saturated rings. The molecule has 126 valence electrons. The maximum Gasteiger partial charge on any atom is 0.275 e. The fourth-order valence-corrected chi connectivity index (χ4v) is 2.57. The molecule has 5 heteroatoms. The molecule has 5 nitrogen and oxygen atoms in total. The predicted molar refractivity (Wildman–Crippen MR) is 99.7 cm³/mol. The SMILES string of the molecule is Cc1cc(C)cc(NC(=O)c2cnc(NCc3ccccc3)cn2)c1. The van der Waals surface area contributed by atoms with Crippen molar-refractivity contribution in [3.63, 3.8) is 0 Å². The van der Waals surface area contributed by atoms with Crippen LogP contribution in [-0.4, -0.2) is 15.9 Å². The summed E-state index contributed by atoms with van der Waals surface area (Å²) in [5.74, 6) is 0.360. The van der Waals surface area contributed by atoms with Crippen molar-refractivity contribution in [2.75, 3.05) is 10.6 Å². The molecule has 1 amide bonds. The number of amides is 1. The largest absolute Gasteiger partial charge is 0.365 e. The normalized spacial score (nSPS) is 10.3. The third-order valence-electron chi connectivity index (χ3n) is 3.68. The zero-order valence-corrected chi connectivity index (χ0v) is 14.3. The average molecular weight is 332 g/mol. The number of nitrogens with zero attached hydrogens (tertiary/aromatic N) is 2. The number of benzene rings is 2. The van der Waals surface area contributed by atoms with E-state index in [2.05, 4.69) is 26.7 Å². The lowest BCUT2D eigenvalue weighted by Crippen LogP contribution is -2.14. The van der Waals surface area contributed by atoms with Crippen LogP contribution in [-0.2, 0) is 6.54 Å². The number of hydrogen-bond acceptors (Lipinski definition) is 4. The van der Waals surface area contributed by atoms with Crippen molar-refractivity contribution in [2.24, 2.45) is 0 Å². The van der Waals surface area contributed by atoms with Gasteiger partial charge in [-0.3, -0.25) is 4.79 Å². The van der Waals surface area contributed by atoms with E-state index in [-0.39, 0.29) is 11.6 Å². The molecule has 0 spiro atoms. The second-order valence-corrected chi connectivity index (χ2v) is 5.96. The Morgan fingerprint density at radius 3 is 2.32 bits per heavy atom. The number of hydrogen-bond donors (Lipinski definition) is 2. The van der Waals surface area contributed by atoms with E-state index in [1.807, 2.05) is 56.3 Å². The van der Waals surface area contributed by atoms with Crippen LogP contribution in [0, 0.1) is 13.8 Å². The quantitative estimate of drug-likeness (QED) is 0.742. The lowest BCUT2D eigenvalue weighted by Gasteiger charge is -2.08. The molecule has 0 aliphatic heterocycles. The van der Waals surface area contributed by atoms with Gasteiger partial charge in [-0.1, -0.05) is 36.4 Å². The molecule has 0 saturated carbocycles. The molecule has 0 unspecified atom stereocenters. The highest BCUT2D eigenvalue weighted by molar-refractivity contribution is 6.02. The van der Waals surface area contributed by atoms with E-state index in [0.717, 1.165) is 22.4 Å². The molecule has 25 heavy (non-hydrogen) atoms. The van der Waals surface area contributed by atoms with Gasteiger partial charge in [0.1, 0.15) is 11.5 Å². The van der Waals surface area contributed by atoms with Crippen molar-refractivity contribution in [3.8, 4) is 0 Å². The molecule has 0 atom stereocenters. The van der Waals surface area contributed by atoms with E-state index in [0.29, 0.717) is 12.4 Å². The summed E-state index contributed by atoms with van der Waals surface area (Å²) in [5, 5.41) is 6.04. The Balaban J connectivity index is 1.62. The smallest absolute Gasteiger partial charge is 0.275 e. The summed E-state index contributed by atoms with van der Waals surface area (Å²) in [6.07, 6.45) is 3.05. The van der Waals surface area contributed by atoms with Gasteiger partial charge in [0.15, 0.2) is 0 Å². The van der Waals surface area contributed by atoms with Crippen molar-refractivity contribution in [1.82, 2.24) is 9.97 Å². The monoisotopic (exact) mass is 332 g/mol. The summed E-state index contributed by atoms with van der Waals surface area (Å²) in [7, 11) is 0. The fourth-order valence-electron chi connectivity index (χ4n) is 2.57. The van der Waals surface area contributed by atoms with E-state index in [1.165, 1.54) is 6.20 Å². The van der Waals surface area contributed by atoms with Crippen molar-refractivity contribution >= 4 is 17.4 Å². The number of anilines is 2. The molecular weight excluding hydrogens is 312 g/mol. The molecule has 3 aromatic rings. The lowest BCUT2D eigenvalue weighted by atomic mass is 10.1. The zero-order chi connectivity index (χ0) is 17.6. The van der Waals surface area contributed by atoms with Crippen molar-refractivity contribution < 1.29 is 4.79 Å². The van der Waals surface area contributed by atoms with Crippen LogP contribution >= 0.6 is 0 Å². The highest BCUT2D eigenvalue weighted by Crippen LogP contribution is 2.14. The van der Waals surface area contributed by atoms with Gasteiger partial charge < -0.3 is 10.6 Å². The average Bonchev–Trinajstić information content (AvgIpc) is 2.60. The third kappa shape index (κ3) is 4.64. The van der Waals surface area contributed by atoms with Crippen LogP contribution < -0.4 is 10.6 Å². The molecule has 2 aromatic carbocycles. The molecule has 3 rings (SSSR count). The summed E-state index contributed by atoms with van der Waals surface area (Å²) in [6, 6.07) is 15.9. The number of aryl methyl sites for hydroxylation is 2. The van der Waals surface area contributed by atoms with Crippen LogP contribution in [0.3, 0.4) is 0 Å². The highest BCUT2D eigenvalue weighted by Gasteiger charge is 2.09. The number of nitrogens with one attached hydrogen (secondary N) is 2. The standard InChI is InChI=1S/C20H20N4O/c1-14-8-15(2)10-17(9-14)24-20(25)18-12-23-19(13-21-18)22-11-16-6-4-3-5-7-16/h3-10,12-13H,11H2,1-2H3,(H,22,23)(H,24,25). The summed E-state index contributed by atoms with van der Waals surface area (Å²) < 4.78 is 0. The van der Waals surface area contributed by atoms with E-state index in [9.17, 15) is 4.79 Å². The molecule has 2 N–H and O–H groups in total. The number of carbonyl (C=O) groups is 1. The van der Waals surface area contributed by atoms with E-state index in [4.69, 9.17) is 0 Å². The number of aromatic nitrogens is 2. The predicted octanol–water partition coefficient (Wildman–Crippen LogP) is 3.96. The summed E-state index contributed by atoms with van der Waals surface area (Å²) in [6.45, 7) is 4.65. The summed E-state index contributed by atoms with van der Waals surface area (Å²) >= 11 is 0. The van der Waals surface area contributed by atoms with Crippen LogP contribution in [0.2, 0.25) is 0 Å². The molecule has 0 radical (unpaired) electrons. The lowest BCUT2D eigenvalue weighted by molar-refractivity contribution is 0.102. The Labute approximate surface area is 147 Å². The van der Waals surface area contributed by atoms with E-state index in [1.54, 1.807) is 6.20 Å². The van der Waals surface area contributed by atoms with Gasteiger partial charge in [0.05, 0.1) is 12.4 Å². The molecule has 1 heterocycles. The fraction of sp³-hybridized carbons (Fsp3) is 0.150. The maximum absolute atomic E-state index is 12.3. The zero-order valence-electron chi connectivity index (χ0n) is 14.3. The van der Waals surface area contributed by atoms with Crippen molar-refractivity contribution in [2.45, 2.75) is 20.4 Å². The first-order valence-electron chi connectivity index (χ1n) is 8.09. The van der Waals surface area contributed by atoms with Gasteiger partial charge in [0, 0.05) is 12.2 Å². The van der Waals surface area contributed by atoms with Gasteiger partial charge in [-0.05, 0) is 42.7 Å². The molecule has 0 saturated heterocycles. The first kappa shape index (κ1) is 16.6. The minimum Gasteiger partial charge on any atom is -0.365 e. The first-order valence-corrected chi connectivity index (χ1v) is 8.09. The first-order chi connectivity index (χ1) is 12.1. The van der Waals surface area contributed by atoms with Crippen molar-refractivity contribution in [3.05, 3.63) is 83.3 Å².